The Morgan fingerprint density at radius 3 is 2.00 bits per heavy atom. The molecular weight excluding hydrogens is 466 g/mol. The quantitative estimate of drug-likeness (QED) is 0.187. The van der Waals surface area contributed by atoms with Gasteiger partial charge in [0.15, 0.2) is 0 Å². The van der Waals surface area contributed by atoms with Gasteiger partial charge in [-0.3, -0.25) is 0 Å². The van der Waals surface area contributed by atoms with E-state index in [1.807, 2.05) is 0 Å². The highest BCUT2D eigenvalue weighted by Gasteiger charge is 2.26. The average molecular weight is 498 g/mol. The first-order valence-electron chi connectivity index (χ1n) is 7.28. The molecule has 1 rings (SSSR count). The van der Waals surface area contributed by atoms with Gasteiger partial charge in [0.2, 0.25) is 0 Å². The molecule has 5 heteroatoms. The van der Waals surface area contributed by atoms with Crippen molar-refractivity contribution < 1.29 is 61.7 Å². The first-order valence-corrected chi connectivity index (χ1v) is 7.28. The number of halogens is 2. The van der Waals surface area contributed by atoms with Gasteiger partial charge >= 0.3 is 0 Å². The van der Waals surface area contributed by atoms with Crippen LogP contribution in [0.25, 0.3) is 0 Å². The topological polar surface area (TPSA) is 9.23 Å². The molecule has 1 saturated heterocycles. The monoisotopic (exact) mass is 498 g/mol. The normalized spacial score (nSPS) is 17.7. The molecule has 0 saturated carbocycles. The maximum absolute atomic E-state index is 5.83. The van der Waals surface area contributed by atoms with E-state index >= 15 is 0 Å². The fourth-order valence-electron chi connectivity index (χ4n) is 2.53. The molecule has 0 bridgehead atoms. The zero-order valence-electron chi connectivity index (χ0n) is 13.1. The lowest BCUT2D eigenvalue weighted by atomic mass is 10.4. The van der Waals surface area contributed by atoms with Crippen molar-refractivity contribution in [2.75, 3.05) is 66.6 Å². The fraction of sp³-hybridized carbons (Fsp3) is 1.00. The number of likely N-dealkylation sites (tertiary alicyclic amines) is 1. The molecule has 1 aliphatic heterocycles. The van der Waals surface area contributed by atoms with Crippen LogP contribution in [0.5, 0.6) is 0 Å². The van der Waals surface area contributed by atoms with Gasteiger partial charge < -0.3 is 61.7 Å². The number of rotatable bonds is 8. The molecule has 0 aliphatic carbocycles. The van der Waals surface area contributed by atoms with Gasteiger partial charge in [-0.25, -0.2) is 0 Å². The molecule has 0 spiro atoms. The molecule has 19 heavy (non-hydrogen) atoms. The van der Waals surface area contributed by atoms with E-state index in [-0.39, 0.29) is 48.0 Å². The summed E-state index contributed by atoms with van der Waals surface area (Å²) in [4.78, 5) is 0. The second-order valence-corrected chi connectivity index (χ2v) is 6.09. The van der Waals surface area contributed by atoms with E-state index in [0.29, 0.717) is 0 Å². The van der Waals surface area contributed by atoms with Crippen molar-refractivity contribution in [3.8, 4) is 0 Å². The van der Waals surface area contributed by atoms with E-state index in [0.717, 1.165) is 24.2 Å². The van der Waals surface area contributed by atoms with E-state index in [9.17, 15) is 0 Å². The molecule has 118 valence electrons. The molecule has 0 N–H and O–H groups in total. The smallest absolute Gasteiger partial charge is 0.102 e. The fourth-order valence-corrected chi connectivity index (χ4v) is 2.53. The Bertz CT molecular complexity index is 211. The van der Waals surface area contributed by atoms with Gasteiger partial charge in [0.25, 0.3) is 0 Å². The molecule has 0 aromatic rings. The summed E-state index contributed by atoms with van der Waals surface area (Å²) in [6, 6.07) is 0. The molecule has 0 aromatic carbocycles. The Balaban J connectivity index is 0. The molecular formula is C14H32I2N2O. The van der Waals surface area contributed by atoms with Gasteiger partial charge in [0, 0.05) is 12.8 Å². The second kappa shape index (κ2) is 11.0. The third kappa shape index (κ3) is 8.38. The van der Waals surface area contributed by atoms with Crippen LogP contribution < -0.4 is 48.0 Å². The number of quaternary nitrogens is 2. The third-order valence-electron chi connectivity index (χ3n) is 4.72. The van der Waals surface area contributed by atoms with Crippen LogP contribution >= 0.6 is 0 Å². The van der Waals surface area contributed by atoms with Crippen molar-refractivity contribution in [3.05, 3.63) is 0 Å². The van der Waals surface area contributed by atoms with E-state index < -0.39 is 0 Å². The molecule has 1 aliphatic rings. The Labute approximate surface area is 154 Å². The molecule has 0 unspecified atom stereocenters. The second-order valence-electron chi connectivity index (χ2n) is 6.09. The lowest BCUT2D eigenvalue weighted by Crippen LogP contribution is -3.00. The van der Waals surface area contributed by atoms with Crippen molar-refractivity contribution in [1.82, 2.24) is 0 Å². The first kappa shape index (κ1) is 22.6. The SMILES string of the molecule is CC[N+](C)(CC)CCOCC[N+]1(C)CCCC1.[I-].[I-]. The first-order chi connectivity index (χ1) is 8.04. The lowest BCUT2D eigenvalue weighted by Gasteiger charge is -2.32. The van der Waals surface area contributed by atoms with Gasteiger partial charge in [0.1, 0.15) is 13.1 Å². The van der Waals surface area contributed by atoms with Crippen molar-refractivity contribution in [3.63, 3.8) is 0 Å². The predicted octanol–water partition coefficient (Wildman–Crippen LogP) is -4.26. The van der Waals surface area contributed by atoms with Gasteiger partial charge in [-0.05, 0) is 13.8 Å². The van der Waals surface area contributed by atoms with Crippen LogP contribution in [0.2, 0.25) is 0 Å². The highest BCUT2D eigenvalue weighted by molar-refractivity contribution is 4.51. The van der Waals surface area contributed by atoms with Crippen LogP contribution in [-0.4, -0.2) is 75.5 Å². The highest BCUT2D eigenvalue weighted by Crippen LogP contribution is 2.15. The zero-order chi connectivity index (χ0) is 12.8. The van der Waals surface area contributed by atoms with E-state index in [4.69, 9.17) is 4.74 Å². The molecule has 1 fully saturated rings. The summed E-state index contributed by atoms with van der Waals surface area (Å²) in [6.07, 6.45) is 2.80. The summed E-state index contributed by atoms with van der Waals surface area (Å²) in [6.45, 7) is 13.8. The number of nitrogens with zero attached hydrogens (tertiary/aromatic N) is 2. The Morgan fingerprint density at radius 2 is 1.53 bits per heavy atom. The summed E-state index contributed by atoms with van der Waals surface area (Å²) in [5.74, 6) is 0. The minimum absolute atomic E-state index is 0. The van der Waals surface area contributed by atoms with Crippen LogP contribution in [0.4, 0.5) is 0 Å². The molecule has 0 aromatic heterocycles. The molecule has 0 amide bonds. The van der Waals surface area contributed by atoms with Crippen LogP contribution in [0.3, 0.4) is 0 Å². The molecule has 0 atom stereocenters. The number of hydrogen-bond acceptors (Lipinski definition) is 1. The van der Waals surface area contributed by atoms with E-state index in [2.05, 4.69) is 27.9 Å². The Morgan fingerprint density at radius 1 is 1.00 bits per heavy atom. The van der Waals surface area contributed by atoms with Crippen LogP contribution in [0.15, 0.2) is 0 Å². The summed E-state index contributed by atoms with van der Waals surface area (Å²) >= 11 is 0. The van der Waals surface area contributed by atoms with Crippen molar-refractivity contribution >= 4 is 0 Å². The molecule has 0 radical (unpaired) electrons. The standard InChI is InChI=1S/C14H32N2O.2HI/c1-5-15(3,6-2)11-13-17-14-12-16(4)9-7-8-10-16;;/h5-14H2,1-4H3;2*1H/q+2;;/p-2. The van der Waals surface area contributed by atoms with Gasteiger partial charge in [-0.15, -0.1) is 0 Å². The summed E-state index contributed by atoms with van der Waals surface area (Å²) in [5, 5.41) is 0. The van der Waals surface area contributed by atoms with Crippen molar-refractivity contribution in [2.24, 2.45) is 0 Å². The Hall–Kier alpha value is 1.34. The molecule has 3 nitrogen and oxygen atoms in total. The van der Waals surface area contributed by atoms with Crippen molar-refractivity contribution in [2.45, 2.75) is 26.7 Å². The van der Waals surface area contributed by atoms with Gasteiger partial charge in [0.05, 0.1) is 53.5 Å². The van der Waals surface area contributed by atoms with Gasteiger partial charge in [-0.1, -0.05) is 0 Å². The average Bonchev–Trinajstić information content (AvgIpc) is 2.76. The van der Waals surface area contributed by atoms with Gasteiger partial charge in [-0.2, -0.15) is 0 Å². The largest absolute Gasteiger partial charge is 1.00 e. The van der Waals surface area contributed by atoms with E-state index in [1.165, 1.54) is 50.0 Å². The van der Waals surface area contributed by atoms with E-state index in [1.54, 1.807) is 0 Å². The maximum Gasteiger partial charge on any atom is 0.102 e. The predicted molar refractivity (Wildman–Crippen MR) is 73.0 cm³/mol. The third-order valence-corrected chi connectivity index (χ3v) is 4.72. The Kier molecular flexibility index (Phi) is 13.1. The maximum atomic E-state index is 5.83. The summed E-state index contributed by atoms with van der Waals surface area (Å²) in [7, 11) is 4.69. The lowest BCUT2D eigenvalue weighted by molar-refractivity contribution is -0.907. The van der Waals surface area contributed by atoms with Crippen LogP contribution in [-0.2, 0) is 4.74 Å². The summed E-state index contributed by atoms with van der Waals surface area (Å²) < 4.78 is 8.19. The van der Waals surface area contributed by atoms with Crippen LogP contribution in [0.1, 0.15) is 26.7 Å². The number of ether oxygens (including phenoxy) is 1. The molecule has 1 heterocycles. The number of likely N-dealkylation sites (N-methyl/N-ethyl adjacent to an activating group) is 2. The minimum atomic E-state index is 0. The minimum Gasteiger partial charge on any atom is -1.00 e. The number of hydrogen-bond donors (Lipinski definition) is 0. The zero-order valence-corrected chi connectivity index (χ0v) is 17.4. The van der Waals surface area contributed by atoms with Crippen molar-refractivity contribution in [1.29, 1.82) is 0 Å². The van der Waals surface area contributed by atoms with Crippen LogP contribution in [0, 0.1) is 0 Å². The summed E-state index contributed by atoms with van der Waals surface area (Å²) in [5.41, 5.74) is 0. The highest BCUT2D eigenvalue weighted by atomic mass is 127.